The maximum Gasteiger partial charge on any atom is 0.290 e. The highest BCUT2D eigenvalue weighted by Crippen LogP contribution is 2.20. The molecule has 1 N–H and O–H groups in total. The third-order valence-electron chi connectivity index (χ3n) is 4.92. The van der Waals surface area contributed by atoms with Crippen LogP contribution in [0.3, 0.4) is 0 Å². The molecule has 1 aromatic carbocycles. The van der Waals surface area contributed by atoms with Gasteiger partial charge in [-0.15, -0.1) is 0 Å². The van der Waals surface area contributed by atoms with E-state index in [0.29, 0.717) is 25.9 Å². The smallest absolute Gasteiger partial charge is 0.290 e. The lowest BCUT2D eigenvalue weighted by molar-refractivity contribution is -0.124. The average Bonchev–Trinajstić information content (AvgIpc) is 3.49. The van der Waals surface area contributed by atoms with Crippen LogP contribution in [0.4, 0.5) is 0 Å². The number of furan rings is 1. The Morgan fingerprint density at radius 3 is 2.82 bits per heavy atom. The number of para-hydroxylation sites is 1. The quantitative estimate of drug-likeness (QED) is 0.714. The van der Waals surface area contributed by atoms with Crippen molar-refractivity contribution in [2.45, 2.75) is 25.3 Å². The Labute approximate surface area is 162 Å². The molecule has 0 spiro atoms. The molecule has 7 heteroatoms. The van der Waals surface area contributed by atoms with Crippen LogP contribution in [0.2, 0.25) is 0 Å². The van der Waals surface area contributed by atoms with E-state index in [4.69, 9.17) is 4.42 Å². The van der Waals surface area contributed by atoms with Crippen LogP contribution < -0.4 is 5.32 Å². The first-order valence-electron chi connectivity index (χ1n) is 9.43. The van der Waals surface area contributed by atoms with Gasteiger partial charge in [-0.05, 0) is 49.1 Å². The van der Waals surface area contributed by atoms with Gasteiger partial charge in [0.2, 0.25) is 5.91 Å². The molecule has 2 amide bonds. The van der Waals surface area contributed by atoms with Crippen molar-refractivity contribution >= 4 is 11.8 Å². The van der Waals surface area contributed by atoms with Crippen LogP contribution >= 0.6 is 0 Å². The first-order chi connectivity index (χ1) is 13.7. The molecule has 7 nitrogen and oxygen atoms in total. The predicted octanol–water partition coefficient (Wildman–Crippen LogP) is 2.43. The third kappa shape index (κ3) is 3.83. The number of nitrogens with zero attached hydrogens (tertiary/aromatic N) is 3. The molecule has 1 saturated heterocycles. The summed E-state index contributed by atoms with van der Waals surface area (Å²) in [7, 11) is 0. The number of carbonyl (C=O) groups excluding carboxylic acids is 2. The van der Waals surface area contributed by atoms with Crippen LogP contribution in [0, 0.1) is 0 Å². The van der Waals surface area contributed by atoms with Crippen LogP contribution in [-0.2, 0) is 11.2 Å². The fraction of sp³-hybridized carbons (Fsp3) is 0.286. The second-order valence-electron chi connectivity index (χ2n) is 6.80. The molecule has 0 aliphatic carbocycles. The number of carbonyl (C=O) groups is 2. The third-order valence-corrected chi connectivity index (χ3v) is 4.92. The summed E-state index contributed by atoms with van der Waals surface area (Å²) in [6, 6.07) is 12.7. The maximum absolute atomic E-state index is 12.6. The number of likely N-dealkylation sites (tertiary alicyclic amines) is 1. The Balaban J connectivity index is 1.31. The lowest BCUT2D eigenvalue weighted by Crippen LogP contribution is -2.46. The second kappa shape index (κ2) is 8.12. The normalized spacial score (nSPS) is 16.3. The van der Waals surface area contributed by atoms with E-state index in [2.05, 4.69) is 10.4 Å². The van der Waals surface area contributed by atoms with E-state index in [0.717, 1.165) is 17.7 Å². The van der Waals surface area contributed by atoms with Crippen LogP contribution in [0.15, 0.2) is 65.5 Å². The minimum absolute atomic E-state index is 0.118. The molecular weight excluding hydrogens is 356 g/mol. The predicted molar refractivity (Wildman–Crippen MR) is 103 cm³/mol. The largest absolute Gasteiger partial charge is 0.459 e. The average molecular weight is 378 g/mol. The van der Waals surface area contributed by atoms with E-state index < -0.39 is 6.04 Å². The van der Waals surface area contributed by atoms with Crippen molar-refractivity contribution in [1.82, 2.24) is 20.0 Å². The van der Waals surface area contributed by atoms with Gasteiger partial charge in [0.05, 0.1) is 18.1 Å². The molecule has 1 aliphatic heterocycles. The van der Waals surface area contributed by atoms with Crippen LogP contribution in [0.25, 0.3) is 5.69 Å². The van der Waals surface area contributed by atoms with Gasteiger partial charge in [-0.3, -0.25) is 9.59 Å². The monoisotopic (exact) mass is 378 g/mol. The van der Waals surface area contributed by atoms with Gasteiger partial charge in [-0.2, -0.15) is 5.10 Å². The van der Waals surface area contributed by atoms with Crippen molar-refractivity contribution in [1.29, 1.82) is 0 Å². The minimum Gasteiger partial charge on any atom is -0.459 e. The zero-order chi connectivity index (χ0) is 19.3. The molecule has 0 radical (unpaired) electrons. The van der Waals surface area contributed by atoms with E-state index in [1.807, 2.05) is 47.4 Å². The van der Waals surface area contributed by atoms with Gasteiger partial charge in [0.25, 0.3) is 5.91 Å². The number of amides is 2. The van der Waals surface area contributed by atoms with E-state index in [1.165, 1.54) is 6.26 Å². The molecule has 0 bridgehead atoms. The molecule has 1 aliphatic rings. The minimum atomic E-state index is -0.440. The molecule has 0 saturated carbocycles. The SMILES string of the molecule is O=C(NCCc1cnn(-c2ccccc2)c1)C1CCCN1C(=O)c1ccco1. The standard InChI is InChI=1S/C21H22N4O3/c26-20(18-8-4-12-24(18)21(27)19-9-5-13-28-19)22-11-10-16-14-23-25(15-16)17-6-2-1-3-7-17/h1-3,5-7,9,13-15,18H,4,8,10-12H2,(H,22,26). The summed E-state index contributed by atoms with van der Waals surface area (Å²) in [5.41, 5.74) is 2.04. The summed E-state index contributed by atoms with van der Waals surface area (Å²) in [6.45, 7) is 1.07. The van der Waals surface area contributed by atoms with Gasteiger partial charge >= 0.3 is 0 Å². The van der Waals surface area contributed by atoms with Gasteiger partial charge in [0, 0.05) is 19.3 Å². The lowest BCUT2D eigenvalue weighted by atomic mass is 10.2. The molecule has 1 unspecified atom stereocenters. The van der Waals surface area contributed by atoms with Crippen molar-refractivity contribution in [2.75, 3.05) is 13.1 Å². The van der Waals surface area contributed by atoms with Gasteiger partial charge < -0.3 is 14.6 Å². The number of nitrogens with one attached hydrogen (secondary N) is 1. The summed E-state index contributed by atoms with van der Waals surface area (Å²) in [5.74, 6) is -0.0762. The molecule has 4 rings (SSSR count). The highest BCUT2D eigenvalue weighted by Gasteiger charge is 2.35. The van der Waals surface area contributed by atoms with Gasteiger partial charge in [-0.25, -0.2) is 4.68 Å². The van der Waals surface area contributed by atoms with Crippen molar-refractivity contribution in [3.8, 4) is 5.69 Å². The Bertz CT molecular complexity index is 934. The Morgan fingerprint density at radius 1 is 1.18 bits per heavy atom. The number of hydrogen-bond donors (Lipinski definition) is 1. The number of benzene rings is 1. The highest BCUT2D eigenvalue weighted by molar-refractivity contribution is 5.95. The molecule has 3 aromatic rings. The lowest BCUT2D eigenvalue weighted by Gasteiger charge is -2.22. The Morgan fingerprint density at radius 2 is 2.04 bits per heavy atom. The van der Waals surface area contributed by atoms with E-state index in [-0.39, 0.29) is 17.6 Å². The first kappa shape index (κ1) is 18.0. The van der Waals surface area contributed by atoms with Gasteiger partial charge in [0.15, 0.2) is 5.76 Å². The highest BCUT2D eigenvalue weighted by atomic mass is 16.3. The van der Waals surface area contributed by atoms with Crippen molar-refractivity contribution in [3.05, 3.63) is 72.4 Å². The zero-order valence-corrected chi connectivity index (χ0v) is 15.5. The first-order valence-corrected chi connectivity index (χ1v) is 9.43. The summed E-state index contributed by atoms with van der Waals surface area (Å²) >= 11 is 0. The fourth-order valence-electron chi connectivity index (χ4n) is 3.48. The van der Waals surface area contributed by atoms with E-state index in [1.54, 1.807) is 17.0 Å². The summed E-state index contributed by atoms with van der Waals surface area (Å²) in [4.78, 5) is 26.7. The van der Waals surface area contributed by atoms with Crippen molar-refractivity contribution in [3.63, 3.8) is 0 Å². The number of aromatic nitrogens is 2. The molecule has 1 fully saturated rings. The van der Waals surface area contributed by atoms with Crippen molar-refractivity contribution in [2.24, 2.45) is 0 Å². The van der Waals surface area contributed by atoms with E-state index >= 15 is 0 Å². The summed E-state index contributed by atoms with van der Waals surface area (Å²) < 4.78 is 7.00. The molecule has 3 heterocycles. The molecule has 1 atom stereocenters. The van der Waals surface area contributed by atoms with E-state index in [9.17, 15) is 9.59 Å². The zero-order valence-electron chi connectivity index (χ0n) is 15.5. The number of rotatable bonds is 6. The summed E-state index contributed by atoms with van der Waals surface area (Å²) in [6.07, 6.45) is 7.40. The summed E-state index contributed by atoms with van der Waals surface area (Å²) in [5, 5.41) is 7.32. The Hall–Kier alpha value is -3.35. The van der Waals surface area contributed by atoms with Gasteiger partial charge in [0.1, 0.15) is 6.04 Å². The molecule has 144 valence electrons. The second-order valence-corrected chi connectivity index (χ2v) is 6.80. The van der Waals surface area contributed by atoms with Gasteiger partial charge in [-0.1, -0.05) is 18.2 Å². The molecule has 2 aromatic heterocycles. The van der Waals surface area contributed by atoms with Crippen LogP contribution in [0.1, 0.15) is 29.0 Å². The van der Waals surface area contributed by atoms with Crippen molar-refractivity contribution < 1.29 is 14.0 Å². The van der Waals surface area contributed by atoms with Crippen LogP contribution in [-0.4, -0.2) is 45.6 Å². The molecule has 28 heavy (non-hydrogen) atoms. The van der Waals surface area contributed by atoms with Crippen LogP contribution in [0.5, 0.6) is 0 Å². The fourth-order valence-corrected chi connectivity index (χ4v) is 3.48. The maximum atomic E-state index is 12.6. The number of hydrogen-bond acceptors (Lipinski definition) is 4. The Kier molecular flexibility index (Phi) is 5.23. The topological polar surface area (TPSA) is 80.4 Å². The molecular formula is C21H22N4O3.